The van der Waals surface area contributed by atoms with Crippen LogP contribution in [-0.2, 0) is 13.7 Å². The van der Waals surface area contributed by atoms with Gasteiger partial charge in [-0.15, -0.1) is 0 Å². The lowest BCUT2D eigenvalue weighted by atomic mass is 9.82. The highest BCUT2D eigenvalue weighted by Crippen LogP contribution is 2.77. The standard InChI is InChI=1S/C10H15FIO3PS/c11-10(7-15-17-12)8(16-10)1-3-9(4-2-8)13-5-6-14-9/h16H,1-7H2. The molecular formula is C10H15FIO3PS. The van der Waals surface area contributed by atoms with E-state index in [0.29, 0.717) is 21.8 Å². The van der Waals surface area contributed by atoms with Gasteiger partial charge in [0, 0.05) is 39.2 Å². The molecule has 0 N–H and O–H groups in total. The van der Waals surface area contributed by atoms with Crippen molar-refractivity contribution >= 4 is 39.0 Å². The van der Waals surface area contributed by atoms with E-state index < -0.39 is 5.41 Å². The predicted octanol–water partition coefficient (Wildman–Crippen LogP) is 3.42. The summed E-state index contributed by atoms with van der Waals surface area (Å²) < 4.78 is 31.0. The Labute approximate surface area is 118 Å². The lowest BCUT2D eigenvalue weighted by Crippen LogP contribution is -2.40. The van der Waals surface area contributed by atoms with Gasteiger partial charge >= 0.3 is 0 Å². The molecule has 0 radical (unpaired) electrons. The molecule has 0 bridgehead atoms. The second kappa shape index (κ2) is 4.70. The average molecular weight is 392 g/mol. The van der Waals surface area contributed by atoms with Crippen LogP contribution in [0.25, 0.3) is 0 Å². The lowest BCUT2D eigenvalue weighted by Gasteiger charge is -2.36. The number of alkyl halides is 1. The van der Waals surface area contributed by atoms with Gasteiger partial charge in [0.2, 0.25) is 0 Å². The molecule has 3 nitrogen and oxygen atoms in total. The molecule has 98 valence electrons. The summed E-state index contributed by atoms with van der Waals surface area (Å²) in [5.74, 6) is -0.377. The summed E-state index contributed by atoms with van der Waals surface area (Å²) in [4.78, 5) is 0. The summed E-state index contributed by atoms with van der Waals surface area (Å²) in [6, 6.07) is 0. The fraction of sp³-hybridized carbons (Fsp3) is 1.00. The van der Waals surface area contributed by atoms with Gasteiger partial charge in [-0.25, -0.2) is 4.39 Å². The molecule has 3 fully saturated rings. The average Bonchev–Trinajstić information content (AvgIpc) is 2.71. The first-order valence-electron chi connectivity index (χ1n) is 5.80. The zero-order valence-electron chi connectivity index (χ0n) is 9.34. The number of hydrogen-bond donors (Lipinski definition) is 0. The van der Waals surface area contributed by atoms with E-state index in [-0.39, 0.29) is 17.6 Å². The van der Waals surface area contributed by atoms with Crippen LogP contribution >= 0.6 is 39.0 Å². The van der Waals surface area contributed by atoms with Crippen LogP contribution in [0.4, 0.5) is 4.39 Å². The van der Waals surface area contributed by atoms with Crippen LogP contribution < -0.4 is 0 Å². The van der Waals surface area contributed by atoms with Gasteiger partial charge in [-0.1, -0.05) is 8.58 Å². The summed E-state index contributed by atoms with van der Waals surface area (Å²) in [7, 11) is 1.61. The molecule has 0 aromatic heterocycles. The fourth-order valence-corrected chi connectivity index (χ4v) is 5.35. The van der Waals surface area contributed by atoms with Crippen LogP contribution in [0, 0.1) is 0 Å². The van der Waals surface area contributed by atoms with E-state index in [1.165, 1.54) is 9.21 Å². The second-order valence-corrected chi connectivity index (χ2v) is 8.38. The van der Waals surface area contributed by atoms with E-state index in [4.69, 9.17) is 13.7 Å². The molecule has 3 aliphatic rings. The Bertz CT molecular complexity index is 306. The first kappa shape index (κ1) is 13.3. The van der Waals surface area contributed by atoms with Gasteiger partial charge in [0.15, 0.2) is 11.2 Å². The van der Waals surface area contributed by atoms with Crippen molar-refractivity contribution in [1.29, 1.82) is 0 Å². The molecule has 0 amide bonds. The van der Waals surface area contributed by atoms with Crippen molar-refractivity contribution in [2.75, 3.05) is 19.8 Å². The highest BCUT2D eigenvalue weighted by atomic mass is 127. The minimum absolute atomic E-state index is 0.125. The highest BCUT2D eigenvalue weighted by molar-refractivity contribution is 14.2. The van der Waals surface area contributed by atoms with Gasteiger partial charge in [0.05, 0.1) is 22.4 Å². The van der Waals surface area contributed by atoms with Crippen molar-refractivity contribution in [3.8, 4) is 0 Å². The highest BCUT2D eigenvalue weighted by Gasteiger charge is 2.70. The maximum Gasteiger partial charge on any atom is 0.168 e. The van der Waals surface area contributed by atoms with Crippen molar-refractivity contribution < 1.29 is 18.0 Å². The van der Waals surface area contributed by atoms with E-state index in [9.17, 15) is 4.39 Å². The minimum atomic E-state index is -1.08. The molecule has 3 rings (SSSR count). The van der Waals surface area contributed by atoms with Crippen molar-refractivity contribution in [2.24, 2.45) is 0 Å². The van der Waals surface area contributed by atoms with Crippen LogP contribution in [0.5, 0.6) is 0 Å². The Balaban J connectivity index is 1.59. The van der Waals surface area contributed by atoms with Crippen LogP contribution in [0.1, 0.15) is 25.7 Å². The molecule has 2 unspecified atom stereocenters. The summed E-state index contributed by atoms with van der Waals surface area (Å²) in [5, 5.41) is -1.20. The minimum Gasteiger partial charge on any atom is -0.348 e. The van der Waals surface area contributed by atoms with Gasteiger partial charge in [0.1, 0.15) is 6.61 Å². The molecule has 7 heteroatoms. The number of hydrogen-bond acceptors (Lipinski definition) is 4. The quantitative estimate of drug-likeness (QED) is 0.418. The van der Waals surface area contributed by atoms with Gasteiger partial charge in [0.25, 0.3) is 0 Å². The molecule has 1 saturated carbocycles. The molecule has 1 aliphatic carbocycles. The smallest absolute Gasteiger partial charge is 0.168 e. The maximum atomic E-state index is 14.5. The maximum absolute atomic E-state index is 14.5. The van der Waals surface area contributed by atoms with Gasteiger partial charge in [-0.2, -0.15) is 0 Å². The Morgan fingerprint density at radius 3 is 2.47 bits per heavy atom. The van der Waals surface area contributed by atoms with Crippen molar-refractivity contribution in [1.82, 2.24) is 0 Å². The van der Waals surface area contributed by atoms with Crippen molar-refractivity contribution in [3.63, 3.8) is 0 Å². The van der Waals surface area contributed by atoms with Gasteiger partial charge in [-0.3, -0.25) is 0 Å². The molecular weight excluding hydrogens is 377 g/mol. The molecule has 2 heterocycles. The zero-order chi connectivity index (χ0) is 12.0. The molecule has 2 atom stereocenters. The first-order chi connectivity index (χ1) is 8.14. The third-order valence-corrected chi connectivity index (χ3v) is 7.23. The zero-order valence-corrected chi connectivity index (χ0v) is 13.3. The summed E-state index contributed by atoms with van der Waals surface area (Å²) in [6.45, 7) is 1.60. The number of rotatable bonds is 3. The molecule has 0 aromatic rings. The Morgan fingerprint density at radius 1 is 1.24 bits per heavy atom. The third kappa shape index (κ3) is 2.27. The second-order valence-electron chi connectivity index (χ2n) is 4.94. The monoisotopic (exact) mass is 392 g/mol. The largest absolute Gasteiger partial charge is 0.348 e. The molecule has 2 saturated heterocycles. The van der Waals surface area contributed by atoms with Crippen LogP contribution in [-0.4, -0.2) is 36.2 Å². The fourth-order valence-electron chi connectivity index (χ4n) is 2.99. The van der Waals surface area contributed by atoms with E-state index >= 15 is 0 Å². The van der Waals surface area contributed by atoms with E-state index in [1.54, 1.807) is 0 Å². The molecule has 17 heavy (non-hydrogen) atoms. The van der Waals surface area contributed by atoms with E-state index in [2.05, 4.69) is 0 Å². The Hall–Kier alpha value is 1.32. The predicted molar refractivity (Wildman–Crippen MR) is 75.6 cm³/mol. The van der Waals surface area contributed by atoms with Crippen molar-refractivity contribution in [2.45, 2.75) is 42.0 Å². The van der Waals surface area contributed by atoms with Crippen LogP contribution in [0.15, 0.2) is 0 Å². The van der Waals surface area contributed by atoms with E-state index in [1.807, 2.05) is 21.2 Å². The van der Waals surface area contributed by atoms with Crippen LogP contribution in [0.2, 0.25) is 0 Å². The summed E-state index contributed by atoms with van der Waals surface area (Å²) in [5.41, 5.74) is 0. The number of ether oxygens (including phenoxy) is 2. The molecule has 2 spiro atoms. The van der Waals surface area contributed by atoms with Crippen molar-refractivity contribution in [3.05, 3.63) is 0 Å². The third-order valence-electron chi connectivity index (χ3n) is 4.11. The van der Waals surface area contributed by atoms with Crippen LogP contribution in [0.3, 0.4) is 0 Å². The van der Waals surface area contributed by atoms with Gasteiger partial charge < -0.3 is 13.7 Å². The summed E-state index contributed by atoms with van der Waals surface area (Å²) >= 11 is 2.03. The SMILES string of the molecule is FC1(COSI)PC12CCC1(CC2)OCCO1. The first-order valence-corrected chi connectivity index (χ1v) is 10.1. The lowest BCUT2D eigenvalue weighted by molar-refractivity contribution is -0.181. The number of halogens is 2. The van der Waals surface area contributed by atoms with E-state index in [0.717, 1.165) is 25.7 Å². The summed E-state index contributed by atoms with van der Waals surface area (Å²) in [6.07, 6.45) is 3.42. The molecule has 2 aliphatic heterocycles. The molecule has 0 aromatic carbocycles. The topological polar surface area (TPSA) is 27.7 Å². The Kier molecular flexibility index (Phi) is 3.68. The van der Waals surface area contributed by atoms with Gasteiger partial charge in [-0.05, 0) is 12.8 Å². The Morgan fingerprint density at radius 2 is 1.88 bits per heavy atom. The normalized spacial score (nSPS) is 39.2.